The van der Waals surface area contributed by atoms with Crippen LogP contribution >= 0.6 is 23.8 Å². The maximum absolute atomic E-state index is 5.79. The van der Waals surface area contributed by atoms with E-state index < -0.39 is 0 Å². The van der Waals surface area contributed by atoms with Crippen molar-refractivity contribution in [3.63, 3.8) is 0 Å². The maximum Gasteiger partial charge on any atom is 0.135 e. The first-order valence-corrected chi connectivity index (χ1v) is 4.24. The van der Waals surface area contributed by atoms with Crippen molar-refractivity contribution in [3.05, 3.63) is 40.1 Å². The zero-order valence-corrected chi connectivity index (χ0v) is 7.65. The highest BCUT2D eigenvalue weighted by atomic mass is 35.5. The summed E-state index contributed by atoms with van der Waals surface area (Å²) in [6, 6.07) is 7.56. The number of hydrogen-bond acceptors (Lipinski definition) is 2. The molecule has 12 heavy (non-hydrogen) atoms. The van der Waals surface area contributed by atoms with Gasteiger partial charge in [0.15, 0.2) is 0 Å². The van der Waals surface area contributed by atoms with E-state index in [1.165, 1.54) is 6.26 Å². The molecule has 2 aromatic rings. The molecule has 0 unspecified atom stereocenters. The van der Waals surface area contributed by atoms with Gasteiger partial charge in [-0.15, -0.1) is 0 Å². The predicted molar refractivity (Wildman–Crippen MR) is 52.1 cm³/mol. The molecule has 0 saturated heterocycles. The smallest absolute Gasteiger partial charge is 0.135 e. The molecule has 0 aliphatic carbocycles. The van der Waals surface area contributed by atoms with Crippen molar-refractivity contribution in [2.45, 2.75) is 0 Å². The second kappa shape index (κ2) is 2.88. The quantitative estimate of drug-likeness (QED) is 0.595. The Morgan fingerprint density at radius 3 is 2.83 bits per heavy atom. The van der Waals surface area contributed by atoms with E-state index in [2.05, 4.69) is 0 Å². The lowest BCUT2D eigenvalue weighted by molar-refractivity contribution is 0.603. The number of benzene rings is 1. The Hall–Kier alpha value is -0.860. The van der Waals surface area contributed by atoms with E-state index >= 15 is 0 Å². The Morgan fingerprint density at radius 2 is 2.00 bits per heavy atom. The number of fused-ring (bicyclic) bond motifs is 1. The van der Waals surface area contributed by atoms with Gasteiger partial charge < -0.3 is 4.42 Å². The normalized spacial score (nSPS) is 10.4. The highest BCUT2D eigenvalue weighted by molar-refractivity contribution is 7.71. The molecule has 1 heterocycles. The van der Waals surface area contributed by atoms with Crippen molar-refractivity contribution < 1.29 is 4.42 Å². The summed E-state index contributed by atoms with van der Waals surface area (Å²) in [5.41, 5.74) is 0.770. The van der Waals surface area contributed by atoms with Crippen LogP contribution in [0.25, 0.3) is 11.0 Å². The summed E-state index contributed by atoms with van der Waals surface area (Å²) in [6.45, 7) is 0. The molecule has 3 heteroatoms. The molecule has 2 rings (SSSR count). The van der Waals surface area contributed by atoms with Crippen molar-refractivity contribution in [2.75, 3.05) is 0 Å². The number of halogens is 1. The third kappa shape index (κ3) is 1.13. The topological polar surface area (TPSA) is 13.1 Å². The third-order valence-electron chi connectivity index (χ3n) is 1.64. The van der Waals surface area contributed by atoms with Crippen LogP contribution in [-0.4, -0.2) is 0 Å². The van der Waals surface area contributed by atoms with Crippen LogP contribution in [0.2, 0.25) is 5.02 Å². The average Bonchev–Trinajstić information content (AvgIpc) is 2.12. The molecule has 0 saturated carbocycles. The summed E-state index contributed by atoms with van der Waals surface area (Å²) < 4.78 is 5.88. The van der Waals surface area contributed by atoms with E-state index in [0.717, 1.165) is 11.0 Å². The van der Waals surface area contributed by atoms with E-state index in [9.17, 15) is 0 Å². The Bertz CT molecular complexity index is 475. The van der Waals surface area contributed by atoms with Crippen molar-refractivity contribution in [3.8, 4) is 0 Å². The van der Waals surface area contributed by atoms with Crippen LogP contribution in [0.15, 0.2) is 34.9 Å². The molecule has 1 nitrogen and oxygen atoms in total. The zero-order valence-electron chi connectivity index (χ0n) is 6.08. The van der Waals surface area contributed by atoms with Gasteiger partial charge in [-0.05, 0) is 12.1 Å². The first-order valence-electron chi connectivity index (χ1n) is 3.45. The molecule has 0 amide bonds. The Morgan fingerprint density at radius 1 is 1.25 bits per heavy atom. The molecule has 0 bridgehead atoms. The Labute approximate surface area is 79.6 Å². The van der Waals surface area contributed by atoms with Crippen LogP contribution in [0.1, 0.15) is 0 Å². The monoisotopic (exact) mass is 196 g/mol. The maximum atomic E-state index is 5.79. The van der Waals surface area contributed by atoms with E-state index in [1.807, 2.05) is 24.3 Å². The van der Waals surface area contributed by atoms with Crippen LogP contribution < -0.4 is 0 Å². The Balaban J connectivity index is 3.01. The summed E-state index contributed by atoms with van der Waals surface area (Å²) in [7, 11) is 0. The molecule has 0 aliphatic heterocycles. The van der Waals surface area contributed by atoms with Crippen LogP contribution in [0.3, 0.4) is 0 Å². The summed E-state index contributed by atoms with van der Waals surface area (Å²) in [5, 5.41) is 1.38. The molecular weight excluding hydrogens is 192 g/mol. The van der Waals surface area contributed by atoms with Crippen LogP contribution in [0, 0.1) is 4.51 Å². The van der Waals surface area contributed by atoms with Crippen molar-refractivity contribution in [1.82, 2.24) is 0 Å². The van der Waals surface area contributed by atoms with Crippen molar-refractivity contribution in [1.29, 1.82) is 0 Å². The van der Waals surface area contributed by atoms with Gasteiger partial charge in [-0.1, -0.05) is 36.0 Å². The fraction of sp³-hybridized carbons (Fsp3) is 0. The molecule has 0 aliphatic rings. The molecule has 0 spiro atoms. The summed E-state index contributed by atoms with van der Waals surface area (Å²) in [5.74, 6) is 0. The third-order valence-corrected chi connectivity index (χ3v) is 2.47. The van der Waals surface area contributed by atoms with Crippen LogP contribution in [-0.2, 0) is 0 Å². The van der Waals surface area contributed by atoms with E-state index in [-0.39, 0.29) is 0 Å². The highest BCUT2D eigenvalue weighted by Crippen LogP contribution is 2.21. The van der Waals surface area contributed by atoms with Crippen molar-refractivity contribution >= 4 is 34.8 Å². The van der Waals surface area contributed by atoms with Gasteiger partial charge in [-0.3, -0.25) is 0 Å². The van der Waals surface area contributed by atoms with Crippen LogP contribution in [0.4, 0.5) is 0 Å². The van der Waals surface area contributed by atoms with Gasteiger partial charge in [0.25, 0.3) is 0 Å². The SMILES string of the molecule is S=c1c(Cl)coc2ccccc12. The van der Waals surface area contributed by atoms with E-state index in [1.54, 1.807) is 0 Å². The molecule has 1 aromatic heterocycles. The molecular formula is C9H5ClOS. The zero-order chi connectivity index (χ0) is 8.55. The second-order valence-electron chi connectivity index (χ2n) is 2.41. The minimum absolute atomic E-state index is 0.490. The minimum atomic E-state index is 0.490. The van der Waals surface area contributed by atoms with Gasteiger partial charge in [-0.25, -0.2) is 0 Å². The predicted octanol–water partition coefficient (Wildman–Crippen LogP) is 3.82. The number of hydrogen-bond donors (Lipinski definition) is 0. The summed E-state index contributed by atoms with van der Waals surface area (Å²) in [6.07, 6.45) is 1.46. The van der Waals surface area contributed by atoms with Gasteiger partial charge in [0.1, 0.15) is 11.8 Å². The average molecular weight is 197 g/mol. The molecule has 0 N–H and O–H groups in total. The fourth-order valence-corrected chi connectivity index (χ4v) is 1.42. The van der Waals surface area contributed by atoms with E-state index in [4.69, 9.17) is 28.2 Å². The standard InChI is InChI=1S/C9H5ClOS/c10-7-5-11-8-4-2-1-3-6(8)9(7)12/h1-5H. The van der Waals surface area contributed by atoms with Crippen molar-refractivity contribution in [2.24, 2.45) is 0 Å². The van der Waals surface area contributed by atoms with Gasteiger partial charge in [0.2, 0.25) is 0 Å². The highest BCUT2D eigenvalue weighted by Gasteiger charge is 1.98. The van der Waals surface area contributed by atoms with Crippen LogP contribution in [0.5, 0.6) is 0 Å². The molecule has 60 valence electrons. The largest absolute Gasteiger partial charge is 0.463 e. The van der Waals surface area contributed by atoms with Gasteiger partial charge in [-0.2, -0.15) is 0 Å². The van der Waals surface area contributed by atoms with E-state index in [0.29, 0.717) is 9.53 Å². The molecule has 0 atom stereocenters. The summed E-state index contributed by atoms with van der Waals surface area (Å²) in [4.78, 5) is 0. The molecule has 0 fully saturated rings. The van der Waals surface area contributed by atoms with Gasteiger partial charge in [0.05, 0.1) is 9.53 Å². The van der Waals surface area contributed by atoms with Gasteiger partial charge >= 0.3 is 0 Å². The second-order valence-corrected chi connectivity index (χ2v) is 3.22. The fourth-order valence-electron chi connectivity index (χ4n) is 1.05. The minimum Gasteiger partial charge on any atom is -0.463 e. The molecule has 0 radical (unpaired) electrons. The number of rotatable bonds is 0. The lowest BCUT2D eigenvalue weighted by Crippen LogP contribution is -1.73. The Kier molecular flexibility index (Phi) is 1.87. The number of para-hydroxylation sites is 1. The first-order chi connectivity index (χ1) is 5.79. The lowest BCUT2D eigenvalue weighted by Gasteiger charge is -1.96. The lowest BCUT2D eigenvalue weighted by atomic mass is 10.2. The molecule has 1 aromatic carbocycles. The summed E-state index contributed by atoms with van der Waals surface area (Å²) >= 11 is 10.9. The van der Waals surface area contributed by atoms with Gasteiger partial charge in [0, 0.05) is 5.39 Å². The first kappa shape index (κ1) is 7.77.